The van der Waals surface area contributed by atoms with E-state index in [-0.39, 0.29) is 23.1 Å². The number of hydrogen-bond acceptors (Lipinski definition) is 3. The molecular formula is C22H32FNO2. The standard InChI is InChI=1S/C22H32FNO2/c1-16(2)14-20(24-12-10-17(11-13-24)21(25)26-5)15-22(3,4)18-6-8-19(23)9-7-18/h6-9,14,17,20H,10-13,15H2,1-5H3. The number of carbonyl (C=O) groups excluding carboxylic acids is 1. The van der Waals surface area contributed by atoms with Gasteiger partial charge in [-0.05, 0) is 69.3 Å². The molecule has 2 rings (SSSR count). The number of benzene rings is 1. The van der Waals surface area contributed by atoms with Crippen molar-refractivity contribution in [1.82, 2.24) is 4.90 Å². The molecule has 0 spiro atoms. The highest BCUT2D eigenvalue weighted by atomic mass is 19.1. The van der Waals surface area contributed by atoms with Gasteiger partial charge in [0.2, 0.25) is 0 Å². The van der Waals surface area contributed by atoms with Crippen LogP contribution in [-0.4, -0.2) is 37.1 Å². The van der Waals surface area contributed by atoms with E-state index in [4.69, 9.17) is 4.74 Å². The van der Waals surface area contributed by atoms with Gasteiger partial charge in [0.25, 0.3) is 0 Å². The Labute approximate surface area is 157 Å². The number of carbonyl (C=O) groups is 1. The lowest BCUT2D eigenvalue weighted by Gasteiger charge is -2.39. The van der Waals surface area contributed by atoms with E-state index in [1.807, 2.05) is 12.1 Å². The van der Waals surface area contributed by atoms with Gasteiger partial charge < -0.3 is 4.74 Å². The molecule has 1 aliphatic rings. The molecule has 0 aromatic heterocycles. The van der Waals surface area contributed by atoms with Crippen molar-refractivity contribution in [3.05, 3.63) is 47.3 Å². The van der Waals surface area contributed by atoms with Gasteiger partial charge >= 0.3 is 5.97 Å². The largest absolute Gasteiger partial charge is 0.469 e. The molecule has 1 aromatic carbocycles. The summed E-state index contributed by atoms with van der Waals surface area (Å²) in [4.78, 5) is 14.2. The Kier molecular flexibility index (Phi) is 6.99. The summed E-state index contributed by atoms with van der Waals surface area (Å²) >= 11 is 0. The third kappa shape index (κ3) is 5.41. The van der Waals surface area contributed by atoms with Crippen LogP contribution in [0.4, 0.5) is 4.39 Å². The molecule has 0 bridgehead atoms. The van der Waals surface area contributed by atoms with Crippen LogP contribution in [0.1, 0.15) is 52.5 Å². The van der Waals surface area contributed by atoms with E-state index in [1.165, 1.54) is 24.8 Å². The normalized spacial score (nSPS) is 17.6. The summed E-state index contributed by atoms with van der Waals surface area (Å²) in [5.74, 6) is -0.265. The van der Waals surface area contributed by atoms with E-state index in [2.05, 4.69) is 38.7 Å². The second-order valence-electron chi connectivity index (χ2n) is 8.24. The van der Waals surface area contributed by atoms with Gasteiger partial charge in [0.05, 0.1) is 13.0 Å². The van der Waals surface area contributed by atoms with Crippen molar-refractivity contribution in [3.63, 3.8) is 0 Å². The first-order valence-corrected chi connectivity index (χ1v) is 9.46. The molecule has 0 aliphatic carbocycles. The monoisotopic (exact) mass is 361 g/mol. The van der Waals surface area contributed by atoms with Crippen LogP contribution in [0.3, 0.4) is 0 Å². The maximum atomic E-state index is 13.3. The minimum absolute atomic E-state index is 0.0220. The second-order valence-corrected chi connectivity index (χ2v) is 8.24. The number of likely N-dealkylation sites (tertiary alicyclic amines) is 1. The Bertz CT molecular complexity index is 624. The number of methoxy groups -OCH3 is 1. The number of piperidine rings is 1. The molecule has 1 heterocycles. The van der Waals surface area contributed by atoms with E-state index in [9.17, 15) is 9.18 Å². The van der Waals surface area contributed by atoms with Crippen LogP contribution in [-0.2, 0) is 14.9 Å². The van der Waals surface area contributed by atoms with Crippen molar-refractivity contribution in [3.8, 4) is 0 Å². The number of nitrogens with zero attached hydrogens (tertiary/aromatic N) is 1. The molecule has 1 unspecified atom stereocenters. The smallest absolute Gasteiger partial charge is 0.308 e. The number of allylic oxidation sites excluding steroid dienone is 1. The molecule has 1 fully saturated rings. The molecule has 1 aliphatic heterocycles. The molecule has 4 heteroatoms. The van der Waals surface area contributed by atoms with Crippen molar-refractivity contribution < 1.29 is 13.9 Å². The number of rotatable bonds is 6. The van der Waals surface area contributed by atoms with Gasteiger partial charge in [-0.15, -0.1) is 0 Å². The molecule has 3 nitrogen and oxygen atoms in total. The van der Waals surface area contributed by atoms with Gasteiger partial charge in [-0.25, -0.2) is 4.39 Å². The summed E-state index contributed by atoms with van der Waals surface area (Å²) in [5, 5.41) is 0. The Morgan fingerprint density at radius 1 is 1.27 bits per heavy atom. The molecule has 1 atom stereocenters. The van der Waals surface area contributed by atoms with Gasteiger partial charge in [0, 0.05) is 6.04 Å². The predicted octanol–water partition coefficient (Wildman–Crippen LogP) is 4.71. The zero-order chi connectivity index (χ0) is 19.3. The van der Waals surface area contributed by atoms with Crippen LogP contribution in [0.2, 0.25) is 0 Å². The predicted molar refractivity (Wildman–Crippen MR) is 104 cm³/mol. The lowest BCUT2D eigenvalue weighted by Crippen LogP contribution is -2.44. The van der Waals surface area contributed by atoms with Gasteiger partial charge in [0.1, 0.15) is 5.82 Å². The SMILES string of the molecule is COC(=O)C1CCN(C(C=C(C)C)CC(C)(C)c2ccc(F)cc2)CC1. The fourth-order valence-corrected chi connectivity index (χ4v) is 3.85. The molecule has 1 aromatic rings. The molecule has 0 N–H and O–H groups in total. The highest BCUT2D eigenvalue weighted by Gasteiger charge is 2.32. The van der Waals surface area contributed by atoms with E-state index in [1.54, 1.807) is 0 Å². The van der Waals surface area contributed by atoms with Crippen molar-refractivity contribution in [1.29, 1.82) is 0 Å². The van der Waals surface area contributed by atoms with Crippen molar-refractivity contribution in [2.24, 2.45) is 5.92 Å². The van der Waals surface area contributed by atoms with Gasteiger partial charge in [-0.3, -0.25) is 9.69 Å². The lowest BCUT2D eigenvalue weighted by molar-refractivity contribution is -0.147. The summed E-state index contributed by atoms with van der Waals surface area (Å²) in [5.41, 5.74) is 2.37. The Morgan fingerprint density at radius 2 is 1.85 bits per heavy atom. The molecule has 1 saturated heterocycles. The summed E-state index contributed by atoms with van der Waals surface area (Å²) in [6, 6.07) is 7.15. The fourth-order valence-electron chi connectivity index (χ4n) is 3.85. The summed E-state index contributed by atoms with van der Waals surface area (Å²) in [7, 11) is 1.46. The van der Waals surface area contributed by atoms with Crippen molar-refractivity contribution >= 4 is 5.97 Å². The minimum Gasteiger partial charge on any atom is -0.469 e. The maximum Gasteiger partial charge on any atom is 0.308 e. The molecule has 26 heavy (non-hydrogen) atoms. The van der Waals surface area contributed by atoms with Crippen LogP contribution >= 0.6 is 0 Å². The number of hydrogen-bond donors (Lipinski definition) is 0. The highest BCUT2D eigenvalue weighted by Crippen LogP contribution is 2.32. The fraction of sp³-hybridized carbons (Fsp3) is 0.591. The van der Waals surface area contributed by atoms with Gasteiger partial charge in [0.15, 0.2) is 0 Å². The molecule has 144 valence electrons. The first kappa shape index (κ1) is 20.6. The third-order valence-corrected chi connectivity index (χ3v) is 5.40. The van der Waals surface area contributed by atoms with Crippen molar-refractivity contribution in [2.75, 3.05) is 20.2 Å². The van der Waals surface area contributed by atoms with Gasteiger partial charge in [-0.2, -0.15) is 0 Å². The van der Waals surface area contributed by atoms with E-state index >= 15 is 0 Å². The quantitative estimate of drug-likeness (QED) is 0.543. The third-order valence-electron chi connectivity index (χ3n) is 5.40. The maximum absolute atomic E-state index is 13.3. The lowest BCUT2D eigenvalue weighted by atomic mass is 9.78. The second kappa shape index (κ2) is 8.81. The van der Waals surface area contributed by atoms with Gasteiger partial charge in [-0.1, -0.05) is 37.6 Å². The molecule has 0 radical (unpaired) electrons. The number of ether oxygens (including phenoxy) is 1. The van der Waals surface area contributed by atoms with Crippen LogP contribution in [0.25, 0.3) is 0 Å². The minimum atomic E-state index is -0.199. The molecular weight excluding hydrogens is 329 g/mol. The topological polar surface area (TPSA) is 29.5 Å². The summed E-state index contributed by atoms with van der Waals surface area (Å²) in [6.07, 6.45) is 4.96. The van der Waals surface area contributed by atoms with E-state index in [0.717, 1.165) is 37.9 Å². The summed E-state index contributed by atoms with van der Waals surface area (Å²) in [6.45, 7) is 10.5. The Hall–Kier alpha value is -1.68. The Balaban J connectivity index is 2.11. The number of esters is 1. The first-order chi connectivity index (χ1) is 12.2. The van der Waals surface area contributed by atoms with Crippen LogP contribution in [0, 0.1) is 11.7 Å². The Morgan fingerprint density at radius 3 is 2.35 bits per heavy atom. The molecule has 0 saturated carbocycles. The number of halogens is 1. The van der Waals surface area contributed by atoms with Crippen molar-refractivity contribution in [2.45, 2.75) is 58.4 Å². The van der Waals surface area contributed by atoms with E-state index < -0.39 is 0 Å². The van der Waals surface area contributed by atoms with E-state index in [0.29, 0.717) is 6.04 Å². The zero-order valence-electron chi connectivity index (χ0n) is 16.7. The average molecular weight is 362 g/mol. The van der Waals surface area contributed by atoms with Crippen LogP contribution in [0.5, 0.6) is 0 Å². The highest BCUT2D eigenvalue weighted by molar-refractivity contribution is 5.72. The summed E-state index contributed by atoms with van der Waals surface area (Å²) < 4.78 is 18.2. The average Bonchev–Trinajstić information content (AvgIpc) is 2.60. The molecule has 0 amide bonds. The first-order valence-electron chi connectivity index (χ1n) is 9.46. The van der Waals surface area contributed by atoms with Crippen LogP contribution < -0.4 is 0 Å². The van der Waals surface area contributed by atoms with Crippen LogP contribution in [0.15, 0.2) is 35.9 Å². The zero-order valence-corrected chi connectivity index (χ0v) is 16.7.